The molecule has 0 aromatic carbocycles. The molecule has 0 aliphatic carbocycles. The number of hydrogen-bond acceptors (Lipinski definition) is 4. The second kappa shape index (κ2) is 5.19. The lowest BCUT2D eigenvalue weighted by atomic mass is 9.96. The summed E-state index contributed by atoms with van der Waals surface area (Å²) in [6.45, 7) is 5.61. The SMILES string of the molecule is CCc1nc(Cl)cc(N2CCC(C)C(O)C2)n1. The smallest absolute Gasteiger partial charge is 0.134 e. The minimum absolute atomic E-state index is 0.289. The first-order chi connectivity index (χ1) is 8.10. The zero-order chi connectivity index (χ0) is 12.4. The maximum Gasteiger partial charge on any atom is 0.134 e. The first-order valence-corrected chi connectivity index (χ1v) is 6.44. The van der Waals surface area contributed by atoms with E-state index in [2.05, 4.69) is 21.8 Å². The highest BCUT2D eigenvalue weighted by Gasteiger charge is 2.25. The predicted molar refractivity (Wildman–Crippen MR) is 68.4 cm³/mol. The minimum Gasteiger partial charge on any atom is -0.391 e. The lowest BCUT2D eigenvalue weighted by Crippen LogP contribution is -2.43. The number of aromatic nitrogens is 2. The third-order valence-corrected chi connectivity index (χ3v) is 3.48. The van der Waals surface area contributed by atoms with Crippen LogP contribution in [0, 0.1) is 5.92 Å². The Bertz CT molecular complexity index is 399. The topological polar surface area (TPSA) is 49.2 Å². The molecular formula is C12H18ClN3O. The first-order valence-electron chi connectivity index (χ1n) is 6.06. The number of aliphatic hydroxyl groups is 1. The quantitative estimate of drug-likeness (QED) is 0.820. The van der Waals surface area contributed by atoms with E-state index in [-0.39, 0.29) is 6.10 Å². The van der Waals surface area contributed by atoms with Crippen LogP contribution in [0.25, 0.3) is 0 Å². The van der Waals surface area contributed by atoms with Crippen LogP contribution in [0.4, 0.5) is 5.82 Å². The van der Waals surface area contributed by atoms with Crippen molar-refractivity contribution in [2.24, 2.45) is 5.92 Å². The van der Waals surface area contributed by atoms with Crippen LogP contribution in [-0.4, -0.2) is 34.3 Å². The van der Waals surface area contributed by atoms with Crippen molar-refractivity contribution in [2.75, 3.05) is 18.0 Å². The average Bonchev–Trinajstić information content (AvgIpc) is 2.32. The summed E-state index contributed by atoms with van der Waals surface area (Å²) in [4.78, 5) is 10.7. The van der Waals surface area contributed by atoms with Crippen molar-refractivity contribution in [3.8, 4) is 0 Å². The molecule has 2 unspecified atom stereocenters. The summed E-state index contributed by atoms with van der Waals surface area (Å²) in [5.41, 5.74) is 0. The van der Waals surface area contributed by atoms with E-state index >= 15 is 0 Å². The Morgan fingerprint density at radius 1 is 1.53 bits per heavy atom. The zero-order valence-corrected chi connectivity index (χ0v) is 11.0. The van der Waals surface area contributed by atoms with Gasteiger partial charge in [-0.2, -0.15) is 0 Å². The molecule has 0 saturated carbocycles. The molecule has 1 aliphatic rings. The van der Waals surface area contributed by atoms with Crippen LogP contribution in [0.5, 0.6) is 0 Å². The Hall–Kier alpha value is -0.870. The summed E-state index contributed by atoms with van der Waals surface area (Å²) >= 11 is 5.97. The number of aryl methyl sites for hydroxylation is 1. The van der Waals surface area contributed by atoms with Crippen molar-refractivity contribution in [3.63, 3.8) is 0 Å². The predicted octanol–water partition coefficient (Wildman–Crippen LogP) is 1.90. The van der Waals surface area contributed by atoms with Gasteiger partial charge in [0.05, 0.1) is 6.10 Å². The molecule has 2 atom stereocenters. The van der Waals surface area contributed by atoms with Gasteiger partial charge in [-0.25, -0.2) is 9.97 Å². The van der Waals surface area contributed by atoms with Gasteiger partial charge >= 0.3 is 0 Å². The van der Waals surface area contributed by atoms with Gasteiger partial charge in [-0.1, -0.05) is 25.4 Å². The van der Waals surface area contributed by atoms with E-state index in [0.717, 1.165) is 31.0 Å². The van der Waals surface area contributed by atoms with Crippen molar-refractivity contribution in [1.82, 2.24) is 9.97 Å². The highest BCUT2D eigenvalue weighted by Crippen LogP contribution is 2.23. The van der Waals surface area contributed by atoms with Gasteiger partial charge in [0.1, 0.15) is 16.8 Å². The third kappa shape index (κ3) is 2.87. The molecule has 1 fully saturated rings. The van der Waals surface area contributed by atoms with Crippen LogP contribution >= 0.6 is 11.6 Å². The van der Waals surface area contributed by atoms with Crippen LogP contribution in [0.1, 0.15) is 26.1 Å². The number of piperidine rings is 1. The van der Waals surface area contributed by atoms with Gasteiger partial charge in [0.15, 0.2) is 0 Å². The van der Waals surface area contributed by atoms with Gasteiger partial charge in [-0.3, -0.25) is 0 Å². The number of hydrogen-bond donors (Lipinski definition) is 1. The fraction of sp³-hybridized carbons (Fsp3) is 0.667. The maximum absolute atomic E-state index is 9.89. The highest BCUT2D eigenvalue weighted by molar-refractivity contribution is 6.29. The van der Waals surface area contributed by atoms with Crippen molar-refractivity contribution in [3.05, 3.63) is 17.0 Å². The van der Waals surface area contributed by atoms with E-state index in [9.17, 15) is 5.11 Å². The molecule has 0 radical (unpaired) electrons. The molecular weight excluding hydrogens is 238 g/mol. The largest absolute Gasteiger partial charge is 0.391 e. The molecule has 17 heavy (non-hydrogen) atoms. The minimum atomic E-state index is -0.289. The Morgan fingerprint density at radius 3 is 2.94 bits per heavy atom. The molecule has 2 heterocycles. The molecule has 5 heteroatoms. The number of halogens is 1. The van der Waals surface area contributed by atoms with E-state index in [1.807, 2.05) is 6.92 Å². The van der Waals surface area contributed by atoms with Gasteiger partial charge in [0.2, 0.25) is 0 Å². The van der Waals surface area contributed by atoms with E-state index in [0.29, 0.717) is 17.6 Å². The molecule has 2 rings (SSSR count). The van der Waals surface area contributed by atoms with Crippen LogP contribution in [-0.2, 0) is 6.42 Å². The van der Waals surface area contributed by atoms with Crippen LogP contribution in [0.2, 0.25) is 5.15 Å². The van der Waals surface area contributed by atoms with Crippen molar-refractivity contribution in [2.45, 2.75) is 32.8 Å². The Morgan fingerprint density at radius 2 is 2.29 bits per heavy atom. The monoisotopic (exact) mass is 255 g/mol. The number of rotatable bonds is 2. The molecule has 1 aliphatic heterocycles. The first kappa shape index (κ1) is 12.6. The summed E-state index contributed by atoms with van der Waals surface area (Å²) in [6.07, 6.45) is 1.45. The van der Waals surface area contributed by atoms with E-state index < -0.39 is 0 Å². The molecule has 0 amide bonds. The molecule has 4 nitrogen and oxygen atoms in total. The zero-order valence-electron chi connectivity index (χ0n) is 10.2. The normalized spacial score (nSPS) is 25.1. The summed E-state index contributed by atoms with van der Waals surface area (Å²) < 4.78 is 0. The van der Waals surface area contributed by atoms with Gasteiger partial charge in [0, 0.05) is 25.6 Å². The average molecular weight is 256 g/mol. The van der Waals surface area contributed by atoms with Gasteiger partial charge < -0.3 is 10.0 Å². The summed E-state index contributed by atoms with van der Waals surface area (Å²) in [6, 6.07) is 1.77. The Kier molecular flexibility index (Phi) is 3.84. The van der Waals surface area contributed by atoms with Crippen molar-refractivity contribution < 1.29 is 5.11 Å². The molecule has 1 N–H and O–H groups in total. The van der Waals surface area contributed by atoms with E-state index in [1.54, 1.807) is 6.07 Å². The summed E-state index contributed by atoms with van der Waals surface area (Å²) in [5.74, 6) is 1.93. The fourth-order valence-corrected chi connectivity index (χ4v) is 2.22. The lowest BCUT2D eigenvalue weighted by Gasteiger charge is -2.35. The van der Waals surface area contributed by atoms with Crippen molar-refractivity contribution in [1.29, 1.82) is 0 Å². The van der Waals surface area contributed by atoms with Crippen LogP contribution in [0.15, 0.2) is 6.07 Å². The number of aliphatic hydroxyl groups excluding tert-OH is 1. The van der Waals surface area contributed by atoms with Gasteiger partial charge in [-0.05, 0) is 12.3 Å². The fourth-order valence-electron chi connectivity index (χ4n) is 2.03. The summed E-state index contributed by atoms with van der Waals surface area (Å²) in [5, 5.41) is 10.4. The maximum atomic E-state index is 9.89. The standard InChI is InChI=1S/C12H18ClN3O/c1-3-11-14-10(13)6-12(15-11)16-5-4-8(2)9(17)7-16/h6,8-9,17H,3-5,7H2,1-2H3. The number of nitrogens with zero attached hydrogens (tertiary/aromatic N) is 3. The highest BCUT2D eigenvalue weighted by atomic mass is 35.5. The second-order valence-electron chi connectivity index (χ2n) is 4.60. The molecule has 94 valence electrons. The second-order valence-corrected chi connectivity index (χ2v) is 4.99. The number of β-amino-alcohol motifs (C(OH)–C–C–N with tert-alkyl or cyclic N) is 1. The van der Waals surface area contributed by atoms with Gasteiger partial charge in [-0.15, -0.1) is 0 Å². The third-order valence-electron chi connectivity index (χ3n) is 3.29. The molecule has 0 spiro atoms. The van der Waals surface area contributed by atoms with Crippen LogP contribution in [0.3, 0.4) is 0 Å². The molecule has 1 aromatic rings. The van der Waals surface area contributed by atoms with Crippen LogP contribution < -0.4 is 4.90 Å². The Balaban J connectivity index is 2.19. The molecule has 1 saturated heterocycles. The van der Waals surface area contributed by atoms with Crippen molar-refractivity contribution >= 4 is 17.4 Å². The summed E-state index contributed by atoms with van der Waals surface area (Å²) in [7, 11) is 0. The molecule has 1 aromatic heterocycles. The Labute approximate surface area is 107 Å². The molecule has 0 bridgehead atoms. The lowest BCUT2D eigenvalue weighted by molar-refractivity contribution is 0.102. The van der Waals surface area contributed by atoms with E-state index in [1.165, 1.54) is 0 Å². The number of anilines is 1. The van der Waals surface area contributed by atoms with Gasteiger partial charge in [0.25, 0.3) is 0 Å². The van der Waals surface area contributed by atoms with E-state index in [4.69, 9.17) is 11.6 Å².